The summed E-state index contributed by atoms with van der Waals surface area (Å²) in [5, 5.41) is 0.846. The molecule has 1 aromatic carbocycles. The molecule has 0 spiro atoms. The summed E-state index contributed by atoms with van der Waals surface area (Å²) in [7, 11) is 0. The number of hydrogen-bond acceptors (Lipinski definition) is 2. The van der Waals surface area contributed by atoms with E-state index in [0.29, 0.717) is 0 Å². The molecule has 1 saturated carbocycles. The van der Waals surface area contributed by atoms with Crippen molar-refractivity contribution in [1.29, 1.82) is 0 Å². The molecule has 1 aliphatic carbocycles. The van der Waals surface area contributed by atoms with Gasteiger partial charge in [0.2, 0.25) is 0 Å². The zero-order chi connectivity index (χ0) is 12.5. The largest absolute Gasteiger partial charge is 0.293 e. The molecule has 1 heterocycles. The van der Waals surface area contributed by atoms with Crippen molar-refractivity contribution in [1.82, 2.24) is 0 Å². The third kappa shape index (κ3) is 2.19. The Hall–Kier alpha value is -1.22. The Labute approximate surface area is 110 Å². The average Bonchev–Trinajstić information content (AvgIpc) is 2.81. The Morgan fingerprint density at radius 3 is 2.72 bits per heavy atom. The van der Waals surface area contributed by atoms with E-state index in [1.807, 2.05) is 6.07 Å². The van der Waals surface area contributed by atoms with Crippen LogP contribution >= 0.6 is 11.3 Å². The van der Waals surface area contributed by atoms with Crippen LogP contribution in [0.25, 0.3) is 10.1 Å². The molecular formula is C15H15FOS. The molecular weight excluding hydrogens is 247 g/mol. The third-order valence-corrected chi connectivity index (χ3v) is 4.83. The number of rotatable bonds is 2. The Morgan fingerprint density at radius 1 is 1.17 bits per heavy atom. The molecule has 2 aromatic rings. The number of fused-ring (bicyclic) bond motifs is 1. The van der Waals surface area contributed by atoms with Crippen molar-refractivity contribution < 1.29 is 9.18 Å². The smallest absolute Gasteiger partial charge is 0.175 e. The Kier molecular flexibility index (Phi) is 3.16. The summed E-state index contributed by atoms with van der Waals surface area (Å²) in [6.45, 7) is 0. The second-order valence-electron chi connectivity index (χ2n) is 4.99. The number of ketones is 1. The van der Waals surface area contributed by atoms with Crippen molar-refractivity contribution in [3.63, 3.8) is 0 Å². The Morgan fingerprint density at radius 2 is 1.94 bits per heavy atom. The van der Waals surface area contributed by atoms with Gasteiger partial charge in [-0.1, -0.05) is 19.3 Å². The maximum absolute atomic E-state index is 13.1. The van der Waals surface area contributed by atoms with E-state index in [-0.39, 0.29) is 17.5 Å². The summed E-state index contributed by atoms with van der Waals surface area (Å²) in [4.78, 5) is 13.2. The number of thiophene rings is 1. The summed E-state index contributed by atoms with van der Waals surface area (Å²) < 4.78 is 14.1. The van der Waals surface area contributed by atoms with E-state index >= 15 is 0 Å². The summed E-state index contributed by atoms with van der Waals surface area (Å²) in [5.41, 5.74) is 0. The normalized spacial score (nSPS) is 17.2. The van der Waals surface area contributed by atoms with Crippen molar-refractivity contribution in [2.75, 3.05) is 0 Å². The van der Waals surface area contributed by atoms with Crippen molar-refractivity contribution in [3.05, 3.63) is 35.0 Å². The van der Waals surface area contributed by atoms with E-state index in [2.05, 4.69) is 0 Å². The summed E-state index contributed by atoms with van der Waals surface area (Å²) in [5.74, 6) is 0.213. The number of halogens is 1. The van der Waals surface area contributed by atoms with Gasteiger partial charge in [-0.25, -0.2) is 4.39 Å². The van der Waals surface area contributed by atoms with Crippen LogP contribution < -0.4 is 0 Å². The molecule has 0 radical (unpaired) electrons. The van der Waals surface area contributed by atoms with Gasteiger partial charge in [0.1, 0.15) is 5.82 Å². The van der Waals surface area contributed by atoms with Crippen molar-refractivity contribution in [3.8, 4) is 0 Å². The van der Waals surface area contributed by atoms with Crippen LogP contribution in [0.4, 0.5) is 4.39 Å². The number of benzene rings is 1. The molecule has 3 heteroatoms. The molecule has 0 saturated heterocycles. The molecule has 1 aromatic heterocycles. The van der Waals surface area contributed by atoms with E-state index in [0.717, 1.165) is 40.6 Å². The molecule has 0 amide bonds. The van der Waals surface area contributed by atoms with Crippen molar-refractivity contribution in [2.24, 2.45) is 5.92 Å². The van der Waals surface area contributed by atoms with E-state index < -0.39 is 0 Å². The van der Waals surface area contributed by atoms with Crippen LogP contribution in [0.3, 0.4) is 0 Å². The maximum atomic E-state index is 13.1. The van der Waals surface area contributed by atoms with Crippen LogP contribution in [0.5, 0.6) is 0 Å². The molecule has 0 unspecified atom stereocenters. The number of hydrogen-bond donors (Lipinski definition) is 0. The van der Waals surface area contributed by atoms with E-state index in [9.17, 15) is 9.18 Å². The quantitative estimate of drug-likeness (QED) is 0.710. The first kappa shape index (κ1) is 11.8. The lowest BCUT2D eigenvalue weighted by Gasteiger charge is -2.19. The van der Waals surface area contributed by atoms with Crippen LogP contribution in [0.15, 0.2) is 24.3 Å². The Bertz CT molecular complexity index is 581. The zero-order valence-electron chi connectivity index (χ0n) is 10.1. The fraction of sp³-hybridized carbons (Fsp3) is 0.400. The summed E-state index contributed by atoms with van der Waals surface area (Å²) >= 11 is 1.49. The highest BCUT2D eigenvalue weighted by Gasteiger charge is 2.23. The van der Waals surface area contributed by atoms with Crippen LogP contribution in [-0.2, 0) is 0 Å². The van der Waals surface area contributed by atoms with E-state index in [1.165, 1.54) is 29.9 Å². The first-order valence-electron chi connectivity index (χ1n) is 6.47. The number of Topliss-reactive ketones (excluding diaryl/α,β-unsaturated/α-hetero) is 1. The zero-order valence-corrected chi connectivity index (χ0v) is 10.9. The molecule has 3 rings (SSSR count). The molecule has 18 heavy (non-hydrogen) atoms. The minimum absolute atomic E-state index is 0.191. The summed E-state index contributed by atoms with van der Waals surface area (Å²) in [6.07, 6.45) is 5.61. The highest BCUT2D eigenvalue weighted by atomic mass is 32.1. The predicted molar refractivity (Wildman–Crippen MR) is 72.7 cm³/mol. The molecule has 1 nitrogen and oxygen atoms in total. The van der Waals surface area contributed by atoms with Gasteiger partial charge in [-0.2, -0.15) is 0 Å². The maximum Gasteiger partial charge on any atom is 0.175 e. The van der Waals surface area contributed by atoms with Crippen molar-refractivity contribution >= 4 is 27.2 Å². The number of carbonyl (C=O) groups excluding carboxylic acids is 1. The first-order valence-corrected chi connectivity index (χ1v) is 7.29. The molecule has 0 N–H and O–H groups in total. The van der Waals surface area contributed by atoms with Crippen LogP contribution in [0.1, 0.15) is 41.8 Å². The van der Waals surface area contributed by atoms with Crippen LogP contribution in [-0.4, -0.2) is 5.78 Å². The number of carbonyl (C=O) groups is 1. The molecule has 1 fully saturated rings. The second kappa shape index (κ2) is 4.81. The van der Waals surface area contributed by atoms with Gasteiger partial charge in [0.05, 0.1) is 4.88 Å². The van der Waals surface area contributed by atoms with E-state index in [1.54, 1.807) is 6.07 Å². The predicted octanol–water partition coefficient (Wildman–Crippen LogP) is 4.80. The lowest BCUT2D eigenvalue weighted by molar-refractivity contribution is 0.0894. The van der Waals surface area contributed by atoms with Gasteiger partial charge in [-0.05, 0) is 42.5 Å². The minimum atomic E-state index is -0.239. The fourth-order valence-electron chi connectivity index (χ4n) is 2.70. The van der Waals surface area contributed by atoms with Crippen molar-refractivity contribution in [2.45, 2.75) is 32.1 Å². The monoisotopic (exact) mass is 262 g/mol. The van der Waals surface area contributed by atoms with Gasteiger partial charge in [0, 0.05) is 10.6 Å². The highest BCUT2D eigenvalue weighted by molar-refractivity contribution is 7.20. The van der Waals surface area contributed by atoms with Crippen LogP contribution in [0, 0.1) is 11.7 Å². The second-order valence-corrected chi connectivity index (χ2v) is 6.08. The van der Waals surface area contributed by atoms with Gasteiger partial charge in [0.15, 0.2) is 5.78 Å². The van der Waals surface area contributed by atoms with Gasteiger partial charge < -0.3 is 0 Å². The lowest BCUT2D eigenvalue weighted by Crippen LogP contribution is -2.16. The molecule has 0 bridgehead atoms. The van der Waals surface area contributed by atoms with Gasteiger partial charge in [-0.3, -0.25) is 4.79 Å². The highest BCUT2D eigenvalue weighted by Crippen LogP contribution is 2.32. The van der Waals surface area contributed by atoms with Crippen LogP contribution in [0.2, 0.25) is 0 Å². The Balaban J connectivity index is 1.91. The third-order valence-electron chi connectivity index (χ3n) is 3.70. The fourth-order valence-corrected chi connectivity index (χ4v) is 3.76. The molecule has 0 aliphatic heterocycles. The minimum Gasteiger partial charge on any atom is -0.293 e. The van der Waals surface area contributed by atoms with E-state index in [4.69, 9.17) is 0 Å². The van der Waals surface area contributed by atoms with Gasteiger partial charge >= 0.3 is 0 Å². The standard InChI is InChI=1S/C15H15FOS/c16-12-6-7-13-11(8-12)9-14(18-13)15(17)10-4-2-1-3-5-10/h6-10H,1-5H2. The van der Waals surface area contributed by atoms with Gasteiger partial charge in [0.25, 0.3) is 0 Å². The SMILES string of the molecule is O=C(c1cc2cc(F)ccc2s1)C1CCCCC1. The van der Waals surface area contributed by atoms with Gasteiger partial charge in [-0.15, -0.1) is 11.3 Å². The lowest BCUT2D eigenvalue weighted by atomic mass is 9.86. The molecule has 94 valence electrons. The average molecular weight is 262 g/mol. The summed E-state index contributed by atoms with van der Waals surface area (Å²) in [6, 6.07) is 6.56. The molecule has 0 atom stereocenters. The molecule has 1 aliphatic rings. The first-order chi connectivity index (χ1) is 8.74. The topological polar surface area (TPSA) is 17.1 Å².